The van der Waals surface area contributed by atoms with E-state index >= 15 is 0 Å². The van der Waals surface area contributed by atoms with Gasteiger partial charge in [-0.25, -0.2) is 0 Å². The van der Waals surface area contributed by atoms with Crippen LogP contribution in [0.4, 0.5) is 0 Å². The number of aliphatic hydroxyl groups is 2. The number of allylic oxidation sites excluding steroid dienone is 4. The Bertz CT molecular complexity index is 647. The van der Waals surface area contributed by atoms with Crippen LogP contribution in [0.1, 0.15) is 213 Å². The number of carbonyl (C=O) groups excluding carboxylic acids is 1. The first-order valence-corrected chi connectivity index (χ1v) is 20.0. The summed E-state index contributed by atoms with van der Waals surface area (Å²) in [6.07, 6.45) is 46.7. The topological polar surface area (TPSA) is 69.6 Å². The zero-order valence-corrected chi connectivity index (χ0v) is 30.4. The highest BCUT2D eigenvalue weighted by molar-refractivity contribution is 5.76. The van der Waals surface area contributed by atoms with Gasteiger partial charge in [0.25, 0.3) is 0 Å². The lowest BCUT2D eigenvalue weighted by Crippen LogP contribution is -2.45. The van der Waals surface area contributed by atoms with Gasteiger partial charge in [-0.15, -0.1) is 0 Å². The fourth-order valence-electron chi connectivity index (χ4n) is 6.16. The van der Waals surface area contributed by atoms with E-state index < -0.39 is 12.1 Å². The van der Waals surface area contributed by atoms with Crippen molar-refractivity contribution < 1.29 is 15.0 Å². The first-order chi connectivity index (χ1) is 22.2. The van der Waals surface area contributed by atoms with Gasteiger partial charge < -0.3 is 15.5 Å². The molecule has 45 heavy (non-hydrogen) atoms. The van der Waals surface area contributed by atoms with Crippen molar-refractivity contribution >= 4 is 5.91 Å². The number of hydrogen-bond acceptors (Lipinski definition) is 3. The average Bonchev–Trinajstić information content (AvgIpc) is 3.04. The van der Waals surface area contributed by atoms with Crippen molar-refractivity contribution in [2.45, 2.75) is 225 Å². The Morgan fingerprint density at radius 1 is 0.556 bits per heavy atom. The maximum atomic E-state index is 12.4. The number of amides is 1. The van der Waals surface area contributed by atoms with E-state index in [9.17, 15) is 15.0 Å². The Labute approximate surface area is 281 Å². The van der Waals surface area contributed by atoms with Crippen LogP contribution in [0, 0.1) is 0 Å². The molecule has 0 aliphatic rings. The van der Waals surface area contributed by atoms with E-state index in [0.717, 1.165) is 38.5 Å². The van der Waals surface area contributed by atoms with Crippen molar-refractivity contribution in [3.05, 3.63) is 24.3 Å². The molecule has 0 radical (unpaired) electrons. The predicted octanol–water partition coefficient (Wildman–Crippen LogP) is 12.1. The van der Waals surface area contributed by atoms with Crippen molar-refractivity contribution in [3.63, 3.8) is 0 Å². The summed E-state index contributed by atoms with van der Waals surface area (Å²) < 4.78 is 0. The van der Waals surface area contributed by atoms with Gasteiger partial charge in [-0.1, -0.05) is 192 Å². The summed E-state index contributed by atoms with van der Waals surface area (Å²) in [6, 6.07) is -0.532. The number of nitrogens with one attached hydrogen (secondary N) is 1. The first kappa shape index (κ1) is 43.9. The third-order valence-electron chi connectivity index (χ3n) is 9.23. The lowest BCUT2D eigenvalue weighted by molar-refractivity contribution is -0.123. The number of hydrogen-bond donors (Lipinski definition) is 3. The van der Waals surface area contributed by atoms with Crippen LogP contribution in [0.3, 0.4) is 0 Å². The van der Waals surface area contributed by atoms with E-state index in [0.29, 0.717) is 12.8 Å². The molecule has 0 saturated heterocycles. The van der Waals surface area contributed by atoms with Crippen molar-refractivity contribution in [3.8, 4) is 0 Å². The van der Waals surface area contributed by atoms with E-state index in [1.54, 1.807) is 0 Å². The summed E-state index contributed by atoms with van der Waals surface area (Å²) in [5.74, 6) is -0.0323. The molecule has 2 unspecified atom stereocenters. The molecule has 4 heteroatoms. The highest BCUT2D eigenvalue weighted by Gasteiger charge is 2.19. The zero-order chi connectivity index (χ0) is 32.9. The van der Waals surface area contributed by atoms with Crippen molar-refractivity contribution in [2.24, 2.45) is 0 Å². The molecule has 4 nitrogen and oxygen atoms in total. The summed E-state index contributed by atoms with van der Waals surface area (Å²) in [6.45, 7) is 4.25. The average molecular weight is 634 g/mol. The van der Waals surface area contributed by atoms with Crippen LogP contribution in [0.15, 0.2) is 24.3 Å². The smallest absolute Gasteiger partial charge is 0.220 e. The lowest BCUT2D eigenvalue weighted by atomic mass is 10.0. The summed E-state index contributed by atoms with van der Waals surface area (Å²) in [5.41, 5.74) is 0. The molecule has 0 rings (SSSR count). The number of carbonyl (C=O) groups is 1. The van der Waals surface area contributed by atoms with E-state index in [1.165, 1.54) is 148 Å². The third-order valence-corrected chi connectivity index (χ3v) is 9.23. The minimum atomic E-state index is -0.655. The second-order valence-corrected chi connectivity index (χ2v) is 13.7. The predicted molar refractivity (Wildman–Crippen MR) is 198 cm³/mol. The van der Waals surface area contributed by atoms with Crippen LogP contribution in [0.5, 0.6) is 0 Å². The lowest BCUT2D eigenvalue weighted by Gasteiger charge is -2.22. The van der Waals surface area contributed by atoms with Crippen molar-refractivity contribution in [1.29, 1.82) is 0 Å². The normalized spacial score (nSPS) is 13.2. The Hall–Kier alpha value is -1.13. The third kappa shape index (κ3) is 34.0. The Morgan fingerprint density at radius 3 is 1.44 bits per heavy atom. The molecule has 266 valence electrons. The molecule has 0 aliphatic heterocycles. The summed E-state index contributed by atoms with van der Waals surface area (Å²) >= 11 is 0. The molecule has 0 aromatic carbocycles. The Balaban J connectivity index is 3.49. The van der Waals surface area contributed by atoms with E-state index in [1.807, 2.05) is 0 Å². The van der Waals surface area contributed by atoms with Gasteiger partial charge in [0.05, 0.1) is 18.8 Å². The van der Waals surface area contributed by atoms with E-state index in [4.69, 9.17) is 0 Å². The fourth-order valence-corrected chi connectivity index (χ4v) is 6.16. The number of rotatable bonds is 36. The van der Waals surface area contributed by atoms with Gasteiger partial charge in [-0.3, -0.25) is 4.79 Å². The second kappa shape index (κ2) is 37.3. The quantitative estimate of drug-likeness (QED) is 0.0475. The van der Waals surface area contributed by atoms with Gasteiger partial charge >= 0.3 is 0 Å². The summed E-state index contributed by atoms with van der Waals surface area (Å²) in [7, 11) is 0. The Morgan fingerprint density at radius 2 is 0.978 bits per heavy atom. The highest BCUT2D eigenvalue weighted by atomic mass is 16.3. The molecule has 0 saturated carbocycles. The van der Waals surface area contributed by atoms with Crippen LogP contribution in [-0.2, 0) is 4.79 Å². The molecule has 0 fully saturated rings. The molecule has 2 atom stereocenters. The van der Waals surface area contributed by atoms with Crippen LogP contribution in [0.2, 0.25) is 0 Å². The molecule has 1 amide bonds. The molecule has 0 aromatic heterocycles. The molecule has 0 spiro atoms. The molecular formula is C41H79NO3. The molecule has 0 heterocycles. The molecule has 3 N–H and O–H groups in total. The maximum Gasteiger partial charge on any atom is 0.220 e. The fraction of sp³-hybridized carbons (Fsp3) is 0.878. The highest BCUT2D eigenvalue weighted by Crippen LogP contribution is 2.16. The number of aliphatic hydroxyl groups excluding tert-OH is 2. The van der Waals surface area contributed by atoms with Gasteiger partial charge in [0.2, 0.25) is 5.91 Å². The Kier molecular flexibility index (Phi) is 36.4. The van der Waals surface area contributed by atoms with Crippen LogP contribution < -0.4 is 5.32 Å². The van der Waals surface area contributed by atoms with Gasteiger partial charge in [0.1, 0.15) is 0 Å². The van der Waals surface area contributed by atoms with Crippen molar-refractivity contribution in [2.75, 3.05) is 6.61 Å². The van der Waals surface area contributed by atoms with Crippen molar-refractivity contribution in [1.82, 2.24) is 5.32 Å². The van der Waals surface area contributed by atoms with Gasteiger partial charge in [-0.2, -0.15) is 0 Å². The monoisotopic (exact) mass is 634 g/mol. The van der Waals surface area contributed by atoms with E-state index in [-0.39, 0.29) is 12.5 Å². The molecular weight excluding hydrogens is 554 g/mol. The van der Waals surface area contributed by atoms with Crippen LogP contribution in [0.25, 0.3) is 0 Å². The van der Waals surface area contributed by atoms with Gasteiger partial charge in [0.15, 0.2) is 0 Å². The summed E-state index contributed by atoms with van der Waals surface area (Å²) in [4.78, 5) is 12.4. The zero-order valence-electron chi connectivity index (χ0n) is 30.4. The van der Waals surface area contributed by atoms with Crippen LogP contribution in [-0.4, -0.2) is 34.9 Å². The summed E-state index contributed by atoms with van der Waals surface area (Å²) in [5, 5.41) is 23.1. The van der Waals surface area contributed by atoms with E-state index in [2.05, 4.69) is 43.5 Å². The molecule has 0 bridgehead atoms. The first-order valence-electron chi connectivity index (χ1n) is 20.0. The van der Waals surface area contributed by atoms with Crippen LogP contribution >= 0.6 is 0 Å². The second-order valence-electron chi connectivity index (χ2n) is 13.7. The maximum absolute atomic E-state index is 12.4. The minimum Gasteiger partial charge on any atom is -0.394 e. The molecule has 0 aromatic rings. The van der Waals surface area contributed by atoms with Gasteiger partial charge in [0, 0.05) is 6.42 Å². The minimum absolute atomic E-state index is 0.0323. The largest absolute Gasteiger partial charge is 0.394 e. The number of unbranched alkanes of at least 4 members (excludes halogenated alkanes) is 25. The standard InChI is InChI=1S/C41H79NO3/c1-3-5-7-9-11-13-15-17-18-19-20-21-22-23-24-25-27-29-31-33-35-37-41(45)42-39(38-43)40(44)36-34-32-30-28-26-16-14-12-10-8-6-4-2/h5,7,11,13,39-40,43-44H,3-4,6,8-10,12,14-38H2,1-2H3,(H,42,45)/b7-5-,13-11-. The molecule has 0 aliphatic carbocycles. The SMILES string of the molecule is CC/C=C\C/C=C\CCCCCCCCCCCCCCCCC(=O)NC(CO)C(O)CCCCCCCCCCCCCC. The van der Waals surface area contributed by atoms with Gasteiger partial charge in [-0.05, 0) is 38.5 Å².